The van der Waals surface area contributed by atoms with Gasteiger partial charge in [-0.15, -0.1) is 0 Å². The number of carbonyl (C=O) groups excluding carboxylic acids is 2. The minimum absolute atomic E-state index is 0.0265. The summed E-state index contributed by atoms with van der Waals surface area (Å²) >= 11 is 0. The highest BCUT2D eigenvalue weighted by molar-refractivity contribution is 5.96. The molecule has 0 N–H and O–H groups in total. The van der Waals surface area contributed by atoms with Crippen molar-refractivity contribution in [1.29, 1.82) is 0 Å². The monoisotopic (exact) mass is 561 g/mol. The topological polar surface area (TPSA) is 54.8 Å². The molecule has 1 aliphatic carbocycles. The SMILES string of the molecule is CCOCCCN(CC(=O)N(Cc1cccn1Cc1ccc(F)cc1)C1CCCCC1)C(=O)c1ccc(CC)cc1. The second-order valence-electron chi connectivity index (χ2n) is 10.9. The van der Waals surface area contributed by atoms with Crippen LogP contribution in [0.25, 0.3) is 0 Å². The van der Waals surface area contributed by atoms with Gasteiger partial charge in [0.1, 0.15) is 12.4 Å². The Balaban J connectivity index is 1.53. The summed E-state index contributed by atoms with van der Waals surface area (Å²) in [5.41, 5.74) is 3.80. The molecular formula is C34H44FN3O3. The maximum Gasteiger partial charge on any atom is 0.254 e. The van der Waals surface area contributed by atoms with Gasteiger partial charge in [0, 0.05) is 49.8 Å². The molecule has 0 bridgehead atoms. The molecule has 0 saturated heterocycles. The highest BCUT2D eigenvalue weighted by Crippen LogP contribution is 2.25. The smallest absolute Gasteiger partial charge is 0.254 e. The Bertz CT molecular complexity index is 1230. The number of benzene rings is 2. The van der Waals surface area contributed by atoms with Crippen molar-refractivity contribution < 1.29 is 18.7 Å². The van der Waals surface area contributed by atoms with Gasteiger partial charge in [-0.1, -0.05) is 50.5 Å². The lowest BCUT2D eigenvalue weighted by Crippen LogP contribution is -2.48. The van der Waals surface area contributed by atoms with Gasteiger partial charge in [-0.3, -0.25) is 9.59 Å². The van der Waals surface area contributed by atoms with Gasteiger partial charge in [-0.25, -0.2) is 4.39 Å². The molecule has 1 aromatic heterocycles. The van der Waals surface area contributed by atoms with Crippen LogP contribution in [0.15, 0.2) is 66.9 Å². The molecule has 220 valence electrons. The van der Waals surface area contributed by atoms with Crippen molar-refractivity contribution in [3.8, 4) is 0 Å². The summed E-state index contributed by atoms with van der Waals surface area (Å²) in [7, 11) is 0. The standard InChI is InChI=1S/C34H44FN3O3/c1-3-27-13-17-29(18-14-27)34(40)37(22-9-23-41-4-2)26-33(39)38(31-10-6-5-7-11-31)25-32-12-8-21-36(32)24-28-15-19-30(35)20-16-28/h8,12-21,31H,3-7,9-11,22-26H2,1-2H3. The first-order valence-electron chi connectivity index (χ1n) is 15.1. The summed E-state index contributed by atoms with van der Waals surface area (Å²) in [5.74, 6) is -0.403. The van der Waals surface area contributed by atoms with Crippen molar-refractivity contribution in [3.05, 3.63) is 95.1 Å². The maximum absolute atomic E-state index is 14.1. The summed E-state index contributed by atoms with van der Waals surface area (Å²) in [6.45, 7) is 6.79. The van der Waals surface area contributed by atoms with Crippen LogP contribution < -0.4 is 0 Å². The molecule has 1 heterocycles. The molecule has 2 amide bonds. The third-order valence-corrected chi connectivity index (χ3v) is 8.00. The van der Waals surface area contributed by atoms with E-state index in [2.05, 4.69) is 11.5 Å². The van der Waals surface area contributed by atoms with Crippen LogP contribution in [0.1, 0.15) is 79.6 Å². The molecule has 3 aromatic rings. The number of rotatable bonds is 14. The van der Waals surface area contributed by atoms with E-state index in [4.69, 9.17) is 4.74 Å². The molecule has 0 spiro atoms. The van der Waals surface area contributed by atoms with Crippen molar-refractivity contribution in [2.45, 2.75) is 77.9 Å². The van der Waals surface area contributed by atoms with Crippen molar-refractivity contribution in [1.82, 2.24) is 14.4 Å². The van der Waals surface area contributed by atoms with Gasteiger partial charge < -0.3 is 19.1 Å². The molecule has 1 aliphatic rings. The largest absolute Gasteiger partial charge is 0.382 e. The van der Waals surface area contributed by atoms with Crippen LogP contribution in [-0.2, 0) is 29.0 Å². The van der Waals surface area contributed by atoms with Crippen LogP contribution >= 0.6 is 0 Å². The zero-order chi connectivity index (χ0) is 29.0. The van der Waals surface area contributed by atoms with Crippen molar-refractivity contribution in [2.24, 2.45) is 0 Å². The van der Waals surface area contributed by atoms with Crippen LogP contribution in [0.4, 0.5) is 4.39 Å². The second-order valence-corrected chi connectivity index (χ2v) is 10.9. The molecule has 41 heavy (non-hydrogen) atoms. The van der Waals surface area contributed by atoms with Crippen molar-refractivity contribution >= 4 is 11.8 Å². The van der Waals surface area contributed by atoms with E-state index in [0.29, 0.717) is 44.8 Å². The average molecular weight is 562 g/mol. The molecule has 2 aromatic carbocycles. The summed E-state index contributed by atoms with van der Waals surface area (Å²) in [6.07, 6.45) is 8.93. The Morgan fingerprint density at radius 1 is 0.951 bits per heavy atom. The highest BCUT2D eigenvalue weighted by atomic mass is 19.1. The lowest BCUT2D eigenvalue weighted by Gasteiger charge is -2.36. The molecule has 0 atom stereocenters. The summed E-state index contributed by atoms with van der Waals surface area (Å²) < 4.78 is 21.1. The number of carbonyl (C=O) groups is 2. The van der Waals surface area contributed by atoms with Gasteiger partial charge in [-0.2, -0.15) is 0 Å². The number of amides is 2. The normalized spacial score (nSPS) is 13.7. The number of hydrogen-bond donors (Lipinski definition) is 0. The van der Waals surface area contributed by atoms with E-state index in [1.807, 2.05) is 54.4 Å². The molecule has 6 nitrogen and oxygen atoms in total. The van der Waals surface area contributed by atoms with E-state index in [-0.39, 0.29) is 30.2 Å². The third kappa shape index (κ3) is 8.77. The van der Waals surface area contributed by atoms with Crippen molar-refractivity contribution in [2.75, 3.05) is 26.3 Å². The summed E-state index contributed by atoms with van der Waals surface area (Å²) in [6, 6.07) is 18.4. The predicted octanol–water partition coefficient (Wildman–Crippen LogP) is 6.47. The number of aryl methyl sites for hydroxylation is 1. The van der Waals surface area contributed by atoms with E-state index in [0.717, 1.165) is 43.4 Å². The number of nitrogens with zero attached hydrogens (tertiary/aromatic N) is 3. The lowest BCUT2D eigenvalue weighted by atomic mass is 9.94. The van der Waals surface area contributed by atoms with Crippen LogP contribution in [-0.4, -0.2) is 58.5 Å². The van der Waals surface area contributed by atoms with Gasteiger partial charge in [0.15, 0.2) is 0 Å². The van der Waals surface area contributed by atoms with Crippen LogP contribution in [0.2, 0.25) is 0 Å². The van der Waals surface area contributed by atoms with Gasteiger partial charge in [0.05, 0.1) is 6.54 Å². The number of halogens is 1. The Morgan fingerprint density at radius 2 is 1.66 bits per heavy atom. The zero-order valence-corrected chi connectivity index (χ0v) is 24.6. The average Bonchev–Trinajstić information content (AvgIpc) is 3.45. The minimum atomic E-state index is -0.253. The number of hydrogen-bond acceptors (Lipinski definition) is 3. The fraction of sp³-hybridized carbons (Fsp3) is 0.471. The van der Waals surface area contributed by atoms with E-state index in [9.17, 15) is 14.0 Å². The maximum atomic E-state index is 14.1. The summed E-state index contributed by atoms with van der Waals surface area (Å²) in [5, 5.41) is 0. The first kappa shape index (κ1) is 30.5. The zero-order valence-electron chi connectivity index (χ0n) is 24.6. The minimum Gasteiger partial charge on any atom is -0.382 e. The number of aromatic nitrogens is 1. The van der Waals surface area contributed by atoms with E-state index in [1.165, 1.54) is 24.1 Å². The molecule has 1 saturated carbocycles. The Hall–Kier alpha value is -3.45. The molecular weight excluding hydrogens is 517 g/mol. The van der Waals surface area contributed by atoms with Gasteiger partial charge >= 0.3 is 0 Å². The first-order valence-corrected chi connectivity index (χ1v) is 15.1. The van der Waals surface area contributed by atoms with Crippen LogP contribution in [0, 0.1) is 5.82 Å². The molecule has 0 unspecified atom stereocenters. The fourth-order valence-corrected chi connectivity index (χ4v) is 5.60. The molecule has 1 fully saturated rings. The quantitative estimate of drug-likeness (QED) is 0.212. The van der Waals surface area contributed by atoms with E-state index < -0.39 is 0 Å². The third-order valence-electron chi connectivity index (χ3n) is 8.00. The van der Waals surface area contributed by atoms with Gasteiger partial charge in [0.2, 0.25) is 5.91 Å². The van der Waals surface area contributed by atoms with E-state index in [1.54, 1.807) is 17.0 Å². The first-order chi connectivity index (χ1) is 20.0. The van der Waals surface area contributed by atoms with Crippen LogP contribution in [0.3, 0.4) is 0 Å². The predicted molar refractivity (Wildman–Crippen MR) is 160 cm³/mol. The molecule has 0 radical (unpaired) electrons. The second kappa shape index (κ2) is 15.5. The molecule has 7 heteroatoms. The van der Waals surface area contributed by atoms with Crippen LogP contribution in [0.5, 0.6) is 0 Å². The highest BCUT2D eigenvalue weighted by Gasteiger charge is 2.29. The molecule has 4 rings (SSSR count). The Kier molecular flexibility index (Phi) is 11.6. The lowest BCUT2D eigenvalue weighted by molar-refractivity contribution is -0.135. The summed E-state index contributed by atoms with van der Waals surface area (Å²) in [4.78, 5) is 31.4. The van der Waals surface area contributed by atoms with E-state index >= 15 is 0 Å². The van der Waals surface area contributed by atoms with Gasteiger partial charge in [0.25, 0.3) is 5.91 Å². The Labute approximate surface area is 244 Å². The van der Waals surface area contributed by atoms with Crippen molar-refractivity contribution in [3.63, 3.8) is 0 Å². The number of ether oxygens (including phenoxy) is 1. The molecule has 0 aliphatic heterocycles. The Morgan fingerprint density at radius 3 is 2.34 bits per heavy atom. The fourth-order valence-electron chi connectivity index (χ4n) is 5.60. The van der Waals surface area contributed by atoms with Gasteiger partial charge in [-0.05, 0) is 80.1 Å².